The van der Waals surface area contributed by atoms with Crippen molar-refractivity contribution in [3.05, 3.63) is 52.5 Å². The molecule has 2 aromatic rings. The van der Waals surface area contributed by atoms with Crippen molar-refractivity contribution in [3.8, 4) is 11.3 Å². The minimum Gasteiger partial charge on any atom is -0.441 e. The Labute approximate surface area is 152 Å². The lowest BCUT2D eigenvalue weighted by molar-refractivity contribution is -0.130. The van der Waals surface area contributed by atoms with Crippen molar-refractivity contribution in [2.45, 2.75) is 26.7 Å². The molecule has 0 spiro atoms. The van der Waals surface area contributed by atoms with Crippen LogP contribution in [0.15, 0.2) is 41.0 Å². The van der Waals surface area contributed by atoms with E-state index in [-0.39, 0.29) is 5.91 Å². The molecule has 24 heavy (non-hydrogen) atoms. The van der Waals surface area contributed by atoms with Crippen LogP contribution >= 0.6 is 23.2 Å². The van der Waals surface area contributed by atoms with Crippen molar-refractivity contribution in [3.63, 3.8) is 0 Å². The van der Waals surface area contributed by atoms with Crippen LogP contribution in [0, 0.1) is 0 Å². The van der Waals surface area contributed by atoms with Crippen LogP contribution in [0.25, 0.3) is 11.3 Å². The lowest BCUT2D eigenvalue weighted by Gasteiger charge is -2.20. The quantitative estimate of drug-likeness (QED) is 0.647. The third-order valence-corrected chi connectivity index (χ3v) is 4.05. The number of oxazole rings is 1. The monoisotopic (exact) mass is 366 g/mol. The molecule has 0 atom stereocenters. The molecule has 1 aromatic heterocycles. The van der Waals surface area contributed by atoms with Gasteiger partial charge in [0.25, 0.3) is 0 Å². The zero-order valence-electron chi connectivity index (χ0n) is 13.8. The Balaban J connectivity index is 2.01. The van der Waals surface area contributed by atoms with E-state index in [2.05, 4.69) is 11.6 Å². The highest BCUT2D eigenvalue weighted by atomic mass is 35.5. The molecule has 1 aromatic carbocycles. The number of aryl methyl sites for hydroxylation is 1. The molecule has 0 fully saturated rings. The van der Waals surface area contributed by atoms with E-state index in [1.165, 1.54) is 0 Å². The number of halogens is 2. The Hall–Kier alpha value is -1.78. The molecule has 4 nitrogen and oxygen atoms in total. The molecule has 0 saturated carbocycles. The van der Waals surface area contributed by atoms with Crippen LogP contribution in [0.2, 0.25) is 10.0 Å². The van der Waals surface area contributed by atoms with Gasteiger partial charge in [-0.3, -0.25) is 4.79 Å². The average Bonchev–Trinajstić information content (AvgIpc) is 2.98. The number of aromatic nitrogens is 1. The molecule has 0 unspecified atom stereocenters. The Morgan fingerprint density at radius 3 is 2.75 bits per heavy atom. The van der Waals surface area contributed by atoms with Crippen molar-refractivity contribution in [1.82, 2.24) is 9.88 Å². The highest BCUT2D eigenvalue weighted by molar-refractivity contribution is 6.36. The molecule has 0 saturated heterocycles. The third kappa shape index (κ3) is 4.86. The fourth-order valence-corrected chi connectivity index (χ4v) is 2.82. The van der Waals surface area contributed by atoms with E-state index in [1.807, 2.05) is 13.8 Å². The first kappa shape index (κ1) is 18.6. The van der Waals surface area contributed by atoms with Gasteiger partial charge in [-0.1, -0.05) is 35.4 Å². The summed E-state index contributed by atoms with van der Waals surface area (Å²) in [4.78, 5) is 18.2. The Kier molecular flexibility index (Phi) is 6.46. The number of amides is 1. The number of likely N-dealkylation sites (N-methyl/N-ethyl adjacent to an activating group) is 1. The summed E-state index contributed by atoms with van der Waals surface area (Å²) in [6.07, 6.45) is 2.40. The van der Waals surface area contributed by atoms with Crippen LogP contribution in [-0.4, -0.2) is 28.9 Å². The van der Waals surface area contributed by atoms with Gasteiger partial charge in [-0.15, -0.1) is 0 Å². The van der Waals surface area contributed by atoms with Crippen LogP contribution in [-0.2, 0) is 11.2 Å². The fraction of sp³-hybridized carbons (Fsp3) is 0.333. The zero-order chi connectivity index (χ0) is 17.7. The van der Waals surface area contributed by atoms with E-state index < -0.39 is 0 Å². The van der Waals surface area contributed by atoms with E-state index >= 15 is 0 Å². The second-order valence-corrected chi connectivity index (χ2v) is 6.45. The van der Waals surface area contributed by atoms with Crippen molar-refractivity contribution in [2.75, 3.05) is 13.1 Å². The molecule has 0 radical (unpaired) electrons. The van der Waals surface area contributed by atoms with E-state index in [0.717, 1.165) is 11.1 Å². The number of nitrogens with zero attached hydrogens (tertiary/aromatic N) is 2. The molecular weight excluding hydrogens is 347 g/mol. The van der Waals surface area contributed by atoms with Crippen LogP contribution in [0.4, 0.5) is 0 Å². The van der Waals surface area contributed by atoms with Gasteiger partial charge in [0.15, 0.2) is 11.7 Å². The standard InChI is InChI=1S/C18H20Cl2N2O2/c1-4-22(11-12(2)3)18(23)8-7-17-21-10-16(24-17)14-6-5-13(19)9-15(14)20/h5-6,9-10H,2,4,7-8,11H2,1,3H3. The number of hydrogen-bond donors (Lipinski definition) is 0. The summed E-state index contributed by atoms with van der Waals surface area (Å²) in [7, 11) is 0. The number of rotatable bonds is 7. The number of benzene rings is 1. The number of carbonyl (C=O) groups is 1. The maximum Gasteiger partial charge on any atom is 0.223 e. The molecule has 0 N–H and O–H groups in total. The normalized spacial score (nSPS) is 10.7. The van der Waals surface area contributed by atoms with E-state index in [9.17, 15) is 4.79 Å². The van der Waals surface area contributed by atoms with Gasteiger partial charge in [0.05, 0.1) is 11.2 Å². The topological polar surface area (TPSA) is 46.3 Å². The van der Waals surface area contributed by atoms with Gasteiger partial charge < -0.3 is 9.32 Å². The zero-order valence-corrected chi connectivity index (χ0v) is 15.3. The summed E-state index contributed by atoms with van der Waals surface area (Å²) in [5.74, 6) is 1.13. The maximum atomic E-state index is 12.2. The first-order valence-electron chi connectivity index (χ1n) is 7.73. The highest BCUT2D eigenvalue weighted by Gasteiger charge is 2.15. The van der Waals surface area contributed by atoms with E-state index in [0.29, 0.717) is 47.6 Å². The highest BCUT2D eigenvalue weighted by Crippen LogP contribution is 2.30. The minimum atomic E-state index is 0.0600. The Morgan fingerprint density at radius 2 is 2.12 bits per heavy atom. The van der Waals surface area contributed by atoms with E-state index in [4.69, 9.17) is 27.6 Å². The first-order valence-corrected chi connectivity index (χ1v) is 8.48. The van der Waals surface area contributed by atoms with E-state index in [1.54, 1.807) is 29.3 Å². The van der Waals surface area contributed by atoms with Gasteiger partial charge in [0.1, 0.15) is 0 Å². The summed E-state index contributed by atoms with van der Waals surface area (Å²) in [5, 5.41) is 1.06. The molecule has 0 aliphatic rings. The molecular formula is C18H20Cl2N2O2. The van der Waals surface area contributed by atoms with Crippen LogP contribution in [0.1, 0.15) is 26.2 Å². The van der Waals surface area contributed by atoms with Crippen molar-refractivity contribution >= 4 is 29.1 Å². The molecule has 128 valence electrons. The van der Waals surface area contributed by atoms with Crippen LogP contribution in [0.5, 0.6) is 0 Å². The average molecular weight is 367 g/mol. The summed E-state index contributed by atoms with van der Waals surface area (Å²) in [6.45, 7) is 8.94. The third-order valence-electron chi connectivity index (χ3n) is 3.50. The largest absolute Gasteiger partial charge is 0.441 e. The summed E-state index contributed by atoms with van der Waals surface area (Å²) < 4.78 is 5.71. The van der Waals surface area contributed by atoms with Crippen molar-refractivity contribution in [2.24, 2.45) is 0 Å². The number of carbonyl (C=O) groups excluding carboxylic acids is 1. The summed E-state index contributed by atoms with van der Waals surface area (Å²) in [6, 6.07) is 5.18. The van der Waals surface area contributed by atoms with Gasteiger partial charge in [-0.25, -0.2) is 4.98 Å². The van der Waals surface area contributed by atoms with Gasteiger partial charge in [0, 0.05) is 36.5 Å². The lowest BCUT2D eigenvalue weighted by atomic mass is 10.2. The molecule has 1 amide bonds. The summed E-state index contributed by atoms with van der Waals surface area (Å²) >= 11 is 12.1. The van der Waals surface area contributed by atoms with Gasteiger partial charge >= 0.3 is 0 Å². The lowest BCUT2D eigenvalue weighted by Crippen LogP contribution is -2.32. The molecule has 1 heterocycles. The fourth-order valence-electron chi connectivity index (χ4n) is 2.31. The molecule has 0 aliphatic heterocycles. The SMILES string of the molecule is C=C(C)CN(CC)C(=O)CCc1ncc(-c2ccc(Cl)cc2Cl)o1. The minimum absolute atomic E-state index is 0.0600. The Morgan fingerprint density at radius 1 is 1.38 bits per heavy atom. The van der Waals surface area contributed by atoms with Crippen LogP contribution in [0.3, 0.4) is 0 Å². The number of hydrogen-bond acceptors (Lipinski definition) is 3. The van der Waals surface area contributed by atoms with Gasteiger partial charge in [-0.2, -0.15) is 0 Å². The van der Waals surface area contributed by atoms with Gasteiger partial charge in [-0.05, 0) is 32.0 Å². The molecule has 0 aliphatic carbocycles. The van der Waals surface area contributed by atoms with Gasteiger partial charge in [0.2, 0.25) is 5.91 Å². The molecule has 6 heteroatoms. The van der Waals surface area contributed by atoms with Crippen LogP contribution < -0.4 is 0 Å². The Bertz CT molecular complexity index is 740. The summed E-state index contributed by atoms with van der Waals surface area (Å²) in [5.41, 5.74) is 1.68. The van der Waals surface area contributed by atoms with Crippen molar-refractivity contribution in [1.29, 1.82) is 0 Å². The molecule has 0 bridgehead atoms. The predicted octanol–water partition coefficient (Wildman–Crippen LogP) is 5.01. The smallest absolute Gasteiger partial charge is 0.223 e. The first-order chi connectivity index (χ1) is 11.4. The molecule has 2 rings (SSSR count). The second kappa shape index (κ2) is 8.36. The second-order valence-electron chi connectivity index (χ2n) is 5.61. The maximum absolute atomic E-state index is 12.2. The predicted molar refractivity (Wildman–Crippen MR) is 97.3 cm³/mol. The van der Waals surface area contributed by atoms with Crippen molar-refractivity contribution < 1.29 is 9.21 Å².